The normalized spacial score (nSPS) is 28.4. The van der Waals surface area contributed by atoms with Crippen molar-refractivity contribution in [3.8, 4) is 0 Å². The van der Waals surface area contributed by atoms with E-state index in [1.807, 2.05) is 7.05 Å². The van der Waals surface area contributed by atoms with E-state index < -0.39 is 0 Å². The molecule has 7 nitrogen and oxygen atoms in total. The van der Waals surface area contributed by atoms with Crippen LogP contribution >= 0.6 is 0 Å². The van der Waals surface area contributed by atoms with Crippen LogP contribution in [0.4, 0.5) is 0 Å². The van der Waals surface area contributed by atoms with Crippen LogP contribution in [0.15, 0.2) is 4.99 Å². The molecule has 0 radical (unpaired) electrons. The number of guanidine groups is 1. The van der Waals surface area contributed by atoms with Crippen LogP contribution in [0.1, 0.15) is 45.4 Å². The van der Waals surface area contributed by atoms with Gasteiger partial charge in [-0.3, -0.25) is 14.7 Å². The molecular formula is C20H37N5O2. The van der Waals surface area contributed by atoms with E-state index in [4.69, 9.17) is 4.74 Å². The number of rotatable bonds is 7. The van der Waals surface area contributed by atoms with E-state index in [0.717, 1.165) is 83.9 Å². The molecule has 1 heterocycles. The summed E-state index contributed by atoms with van der Waals surface area (Å²) >= 11 is 0. The maximum atomic E-state index is 12.4. The lowest BCUT2D eigenvalue weighted by Gasteiger charge is -2.31. The second-order valence-corrected chi connectivity index (χ2v) is 8.46. The van der Waals surface area contributed by atoms with Crippen molar-refractivity contribution in [1.29, 1.82) is 0 Å². The molecule has 1 amide bonds. The topological polar surface area (TPSA) is 78.0 Å². The number of carbonyl (C=O) groups is 1. The molecule has 154 valence electrons. The number of hydrogen-bond acceptors (Lipinski definition) is 4. The van der Waals surface area contributed by atoms with E-state index >= 15 is 0 Å². The first-order chi connectivity index (χ1) is 13.1. The number of nitrogens with zero attached hydrogens (tertiary/aromatic N) is 2. The molecule has 1 saturated heterocycles. The average molecular weight is 380 g/mol. The van der Waals surface area contributed by atoms with E-state index in [9.17, 15) is 4.79 Å². The van der Waals surface area contributed by atoms with E-state index in [1.165, 1.54) is 0 Å². The predicted molar refractivity (Wildman–Crippen MR) is 108 cm³/mol. The first kappa shape index (κ1) is 20.4. The largest absolute Gasteiger partial charge is 0.379 e. The molecule has 3 N–H and O–H groups in total. The smallest absolute Gasteiger partial charge is 0.223 e. The van der Waals surface area contributed by atoms with Crippen molar-refractivity contribution in [1.82, 2.24) is 20.9 Å². The second kappa shape index (κ2) is 10.3. The van der Waals surface area contributed by atoms with Gasteiger partial charge in [0.1, 0.15) is 0 Å². The van der Waals surface area contributed by atoms with Gasteiger partial charge in [-0.15, -0.1) is 0 Å². The fourth-order valence-corrected chi connectivity index (χ4v) is 4.05. The summed E-state index contributed by atoms with van der Waals surface area (Å²) < 4.78 is 5.42. The third kappa shape index (κ3) is 6.96. The predicted octanol–water partition coefficient (Wildman–Crippen LogP) is 0.957. The van der Waals surface area contributed by atoms with Gasteiger partial charge in [-0.1, -0.05) is 13.3 Å². The van der Waals surface area contributed by atoms with Crippen molar-refractivity contribution in [2.75, 3.05) is 46.4 Å². The molecule has 3 unspecified atom stereocenters. The fourth-order valence-electron chi connectivity index (χ4n) is 4.05. The maximum absolute atomic E-state index is 12.4. The van der Waals surface area contributed by atoms with Crippen LogP contribution in [0.25, 0.3) is 0 Å². The molecule has 0 bridgehead atoms. The number of carbonyl (C=O) groups excluding carboxylic acids is 1. The van der Waals surface area contributed by atoms with Crippen molar-refractivity contribution in [2.45, 2.75) is 57.5 Å². The van der Waals surface area contributed by atoms with Gasteiger partial charge in [0.15, 0.2) is 5.96 Å². The van der Waals surface area contributed by atoms with Crippen molar-refractivity contribution in [3.63, 3.8) is 0 Å². The zero-order valence-electron chi connectivity index (χ0n) is 17.0. The molecule has 7 heteroatoms. The van der Waals surface area contributed by atoms with Gasteiger partial charge in [0.25, 0.3) is 0 Å². The third-order valence-electron chi connectivity index (χ3n) is 5.82. The number of morpholine rings is 1. The lowest BCUT2D eigenvalue weighted by molar-refractivity contribution is -0.126. The van der Waals surface area contributed by atoms with Crippen LogP contribution < -0.4 is 16.0 Å². The van der Waals surface area contributed by atoms with E-state index in [2.05, 4.69) is 32.8 Å². The second-order valence-electron chi connectivity index (χ2n) is 8.46. The van der Waals surface area contributed by atoms with Crippen LogP contribution in [0.5, 0.6) is 0 Å². The van der Waals surface area contributed by atoms with Crippen LogP contribution in [0.2, 0.25) is 0 Å². The highest BCUT2D eigenvalue weighted by Crippen LogP contribution is 2.26. The lowest BCUT2D eigenvalue weighted by atomic mass is 9.85. The third-order valence-corrected chi connectivity index (χ3v) is 5.82. The Morgan fingerprint density at radius 2 is 1.93 bits per heavy atom. The van der Waals surface area contributed by atoms with Crippen LogP contribution in [0, 0.1) is 11.8 Å². The minimum atomic E-state index is 0.148. The zero-order valence-corrected chi connectivity index (χ0v) is 17.0. The Morgan fingerprint density at radius 1 is 1.15 bits per heavy atom. The molecule has 0 aromatic rings. The number of hydrogen-bond donors (Lipinski definition) is 3. The SMILES string of the molecule is CN=C(NCC(C)CN1CCOCC1)NC1CCCC(C(=O)NC2CC2)C1. The first-order valence-corrected chi connectivity index (χ1v) is 10.7. The Hall–Kier alpha value is -1.34. The molecule has 0 spiro atoms. The van der Waals surface area contributed by atoms with Gasteiger partial charge < -0.3 is 20.7 Å². The summed E-state index contributed by atoms with van der Waals surface area (Å²) in [6, 6.07) is 0.780. The summed E-state index contributed by atoms with van der Waals surface area (Å²) in [5, 5.41) is 10.2. The summed E-state index contributed by atoms with van der Waals surface area (Å²) in [4.78, 5) is 19.2. The Labute approximate surface area is 163 Å². The highest BCUT2D eigenvalue weighted by molar-refractivity contribution is 5.81. The standard InChI is InChI=1S/C20H37N5O2/c1-15(14-25-8-10-27-11-9-25)13-22-20(21-2)24-18-5-3-4-16(12-18)19(26)23-17-6-7-17/h15-18H,3-14H2,1-2H3,(H,23,26)(H2,21,22,24). The monoisotopic (exact) mass is 379 g/mol. The molecule has 0 aromatic carbocycles. The molecule has 0 aromatic heterocycles. The van der Waals surface area contributed by atoms with Gasteiger partial charge in [0.05, 0.1) is 13.2 Å². The quantitative estimate of drug-likeness (QED) is 0.454. The van der Waals surface area contributed by atoms with Gasteiger partial charge in [-0.25, -0.2) is 0 Å². The van der Waals surface area contributed by atoms with Crippen molar-refractivity contribution < 1.29 is 9.53 Å². The maximum Gasteiger partial charge on any atom is 0.223 e. The van der Waals surface area contributed by atoms with E-state index in [1.54, 1.807) is 0 Å². The fraction of sp³-hybridized carbons (Fsp3) is 0.900. The van der Waals surface area contributed by atoms with Gasteiger partial charge in [0.2, 0.25) is 5.91 Å². The van der Waals surface area contributed by atoms with Crippen molar-refractivity contribution >= 4 is 11.9 Å². The highest BCUT2D eigenvalue weighted by atomic mass is 16.5. The molecule has 3 aliphatic rings. The van der Waals surface area contributed by atoms with Gasteiger partial charge >= 0.3 is 0 Å². The van der Waals surface area contributed by atoms with Crippen LogP contribution in [0.3, 0.4) is 0 Å². The molecule has 27 heavy (non-hydrogen) atoms. The Balaban J connectivity index is 1.37. The molecule has 1 aliphatic heterocycles. The summed E-state index contributed by atoms with van der Waals surface area (Å²) in [5.74, 6) is 1.81. The first-order valence-electron chi connectivity index (χ1n) is 10.7. The zero-order chi connectivity index (χ0) is 19.1. The Morgan fingerprint density at radius 3 is 2.63 bits per heavy atom. The summed E-state index contributed by atoms with van der Waals surface area (Å²) in [6.45, 7) is 8.01. The number of ether oxygens (including phenoxy) is 1. The van der Waals surface area contributed by atoms with Crippen molar-refractivity contribution in [3.05, 3.63) is 0 Å². The van der Waals surface area contributed by atoms with Gasteiger partial charge in [-0.2, -0.15) is 0 Å². The van der Waals surface area contributed by atoms with Crippen molar-refractivity contribution in [2.24, 2.45) is 16.8 Å². The van der Waals surface area contributed by atoms with E-state index in [0.29, 0.717) is 18.0 Å². The summed E-state index contributed by atoms with van der Waals surface area (Å²) in [5.41, 5.74) is 0. The minimum Gasteiger partial charge on any atom is -0.379 e. The van der Waals surface area contributed by atoms with Gasteiger partial charge in [0, 0.05) is 51.2 Å². The Bertz CT molecular complexity index is 503. The average Bonchev–Trinajstić information content (AvgIpc) is 3.50. The minimum absolute atomic E-state index is 0.148. The number of amides is 1. The van der Waals surface area contributed by atoms with Gasteiger partial charge in [-0.05, 0) is 38.0 Å². The van der Waals surface area contributed by atoms with Crippen LogP contribution in [-0.4, -0.2) is 75.3 Å². The molecule has 3 rings (SSSR count). The lowest BCUT2D eigenvalue weighted by Crippen LogP contribution is -2.48. The molecule has 2 saturated carbocycles. The number of aliphatic imine (C=N–C) groups is 1. The summed E-state index contributed by atoms with van der Waals surface area (Å²) in [7, 11) is 1.82. The Kier molecular flexibility index (Phi) is 7.76. The van der Waals surface area contributed by atoms with E-state index in [-0.39, 0.29) is 11.8 Å². The molecular weight excluding hydrogens is 342 g/mol. The molecule has 3 atom stereocenters. The molecule has 3 fully saturated rings. The van der Waals surface area contributed by atoms with Crippen LogP contribution in [-0.2, 0) is 9.53 Å². The molecule has 2 aliphatic carbocycles. The number of nitrogens with one attached hydrogen (secondary N) is 3. The highest BCUT2D eigenvalue weighted by Gasteiger charge is 2.31. The summed E-state index contributed by atoms with van der Waals surface area (Å²) in [6.07, 6.45) is 6.43.